The number of likely N-dealkylation sites (N-methyl/N-ethyl adjacent to an activating group) is 1. The molecule has 0 bridgehead atoms. The molecule has 4 rings (SSSR count). The summed E-state index contributed by atoms with van der Waals surface area (Å²) in [7, 11) is 2.13. The molecule has 0 aliphatic carbocycles. The van der Waals surface area contributed by atoms with E-state index in [9.17, 15) is 4.79 Å². The largest absolute Gasteiger partial charge is 0.340 e. The minimum Gasteiger partial charge on any atom is -0.340 e. The summed E-state index contributed by atoms with van der Waals surface area (Å²) in [5.74, 6) is 0.749. The van der Waals surface area contributed by atoms with Gasteiger partial charge in [-0.15, -0.1) is 0 Å². The lowest BCUT2D eigenvalue weighted by Gasteiger charge is -2.32. The SMILES string of the molecule is Cc1ccccc1CN1CCc2nc(N3CCN(C)CC3)[nH]c(=O)c2CC1. The maximum atomic E-state index is 12.7. The molecule has 144 valence electrons. The third-order valence-corrected chi connectivity index (χ3v) is 5.89. The number of aromatic amines is 1. The fourth-order valence-electron chi connectivity index (χ4n) is 4.00. The van der Waals surface area contributed by atoms with E-state index in [4.69, 9.17) is 4.98 Å². The Morgan fingerprint density at radius 3 is 2.56 bits per heavy atom. The molecule has 0 spiro atoms. The molecule has 0 amide bonds. The van der Waals surface area contributed by atoms with Gasteiger partial charge >= 0.3 is 0 Å². The highest BCUT2D eigenvalue weighted by atomic mass is 16.1. The molecule has 6 nitrogen and oxygen atoms in total. The van der Waals surface area contributed by atoms with Crippen LogP contribution in [0.2, 0.25) is 0 Å². The number of aromatic nitrogens is 2. The van der Waals surface area contributed by atoms with E-state index in [0.717, 1.165) is 75.9 Å². The van der Waals surface area contributed by atoms with E-state index >= 15 is 0 Å². The number of piperazine rings is 1. The maximum absolute atomic E-state index is 12.7. The van der Waals surface area contributed by atoms with Crippen molar-refractivity contribution in [2.45, 2.75) is 26.3 Å². The number of fused-ring (bicyclic) bond motifs is 1. The van der Waals surface area contributed by atoms with Crippen molar-refractivity contribution >= 4 is 5.95 Å². The maximum Gasteiger partial charge on any atom is 0.255 e. The van der Waals surface area contributed by atoms with E-state index in [-0.39, 0.29) is 5.56 Å². The van der Waals surface area contributed by atoms with Crippen LogP contribution in [0.3, 0.4) is 0 Å². The van der Waals surface area contributed by atoms with Crippen molar-refractivity contribution < 1.29 is 0 Å². The number of hydrogen-bond acceptors (Lipinski definition) is 5. The predicted octanol–water partition coefficient (Wildman–Crippen LogP) is 1.43. The van der Waals surface area contributed by atoms with Crippen LogP contribution in [0.25, 0.3) is 0 Å². The first kappa shape index (κ1) is 18.2. The van der Waals surface area contributed by atoms with Crippen molar-refractivity contribution in [1.29, 1.82) is 0 Å². The van der Waals surface area contributed by atoms with Crippen LogP contribution in [-0.4, -0.2) is 66.1 Å². The van der Waals surface area contributed by atoms with E-state index in [2.05, 4.69) is 57.9 Å². The Balaban J connectivity index is 1.50. The Morgan fingerprint density at radius 1 is 1.04 bits per heavy atom. The normalized spacial score (nSPS) is 19.0. The van der Waals surface area contributed by atoms with Gasteiger partial charge in [-0.25, -0.2) is 4.98 Å². The van der Waals surface area contributed by atoms with Crippen molar-refractivity contribution in [2.75, 3.05) is 51.2 Å². The molecule has 0 unspecified atom stereocenters. The molecule has 6 heteroatoms. The van der Waals surface area contributed by atoms with Gasteiger partial charge in [0.25, 0.3) is 5.56 Å². The van der Waals surface area contributed by atoms with Crippen LogP contribution < -0.4 is 10.5 Å². The summed E-state index contributed by atoms with van der Waals surface area (Å²) in [5.41, 5.74) is 4.60. The lowest BCUT2D eigenvalue weighted by Crippen LogP contribution is -2.45. The van der Waals surface area contributed by atoms with Crippen molar-refractivity contribution in [3.8, 4) is 0 Å². The zero-order valence-electron chi connectivity index (χ0n) is 16.4. The molecule has 1 aromatic carbocycles. The number of rotatable bonds is 3. The topological polar surface area (TPSA) is 55.5 Å². The Labute approximate surface area is 160 Å². The molecule has 1 aromatic heterocycles. The molecule has 0 saturated carbocycles. The van der Waals surface area contributed by atoms with Gasteiger partial charge in [0.15, 0.2) is 0 Å². The molecule has 3 heterocycles. The molecule has 27 heavy (non-hydrogen) atoms. The first-order chi connectivity index (χ1) is 13.1. The molecular weight excluding hydrogens is 338 g/mol. The average Bonchev–Trinajstić information content (AvgIpc) is 2.87. The quantitative estimate of drug-likeness (QED) is 0.890. The number of anilines is 1. The third-order valence-electron chi connectivity index (χ3n) is 5.89. The minimum absolute atomic E-state index is 0.0478. The van der Waals surface area contributed by atoms with Gasteiger partial charge in [0.2, 0.25) is 5.95 Å². The zero-order chi connectivity index (χ0) is 18.8. The van der Waals surface area contributed by atoms with Gasteiger partial charge in [-0.2, -0.15) is 0 Å². The van der Waals surface area contributed by atoms with Gasteiger partial charge in [0, 0.05) is 57.8 Å². The highest BCUT2D eigenvalue weighted by molar-refractivity contribution is 5.35. The summed E-state index contributed by atoms with van der Waals surface area (Å²) in [6, 6.07) is 8.55. The van der Waals surface area contributed by atoms with Crippen LogP contribution in [0.1, 0.15) is 22.4 Å². The number of hydrogen-bond donors (Lipinski definition) is 1. The van der Waals surface area contributed by atoms with Crippen LogP contribution in [0.4, 0.5) is 5.95 Å². The second-order valence-electron chi connectivity index (χ2n) is 7.81. The molecule has 0 radical (unpaired) electrons. The van der Waals surface area contributed by atoms with Crippen molar-refractivity contribution in [3.05, 3.63) is 57.0 Å². The second kappa shape index (κ2) is 7.82. The van der Waals surface area contributed by atoms with Crippen LogP contribution in [0.15, 0.2) is 29.1 Å². The lowest BCUT2D eigenvalue weighted by molar-refractivity contribution is 0.278. The van der Waals surface area contributed by atoms with E-state index in [0.29, 0.717) is 0 Å². The highest BCUT2D eigenvalue weighted by Crippen LogP contribution is 2.17. The standard InChI is InChI=1S/C21H29N5O/c1-16-5-3-4-6-17(16)15-25-9-7-18-19(8-10-25)22-21(23-20(18)27)26-13-11-24(2)12-14-26/h3-6H,7-15H2,1-2H3,(H,22,23,27). The molecule has 2 aliphatic heterocycles. The summed E-state index contributed by atoms with van der Waals surface area (Å²) in [6.07, 6.45) is 1.61. The van der Waals surface area contributed by atoms with Gasteiger partial charge in [-0.3, -0.25) is 14.7 Å². The van der Waals surface area contributed by atoms with Gasteiger partial charge in [-0.1, -0.05) is 24.3 Å². The second-order valence-corrected chi connectivity index (χ2v) is 7.81. The summed E-state index contributed by atoms with van der Waals surface area (Å²) in [5, 5.41) is 0. The lowest BCUT2D eigenvalue weighted by atomic mass is 10.1. The number of benzene rings is 1. The summed E-state index contributed by atoms with van der Waals surface area (Å²) < 4.78 is 0. The molecule has 2 aromatic rings. The highest BCUT2D eigenvalue weighted by Gasteiger charge is 2.22. The summed E-state index contributed by atoms with van der Waals surface area (Å²) in [6.45, 7) is 8.78. The van der Waals surface area contributed by atoms with Crippen molar-refractivity contribution in [3.63, 3.8) is 0 Å². The molecule has 1 saturated heterocycles. The van der Waals surface area contributed by atoms with E-state index < -0.39 is 0 Å². The Hall–Kier alpha value is -2.18. The van der Waals surface area contributed by atoms with Gasteiger partial charge in [-0.05, 0) is 31.5 Å². The smallest absolute Gasteiger partial charge is 0.255 e. The van der Waals surface area contributed by atoms with Crippen LogP contribution >= 0.6 is 0 Å². The van der Waals surface area contributed by atoms with E-state index in [1.807, 2.05) is 0 Å². The van der Waals surface area contributed by atoms with Crippen LogP contribution in [0, 0.1) is 6.92 Å². The molecule has 1 fully saturated rings. The summed E-state index contributed by atoms with van der Waals surface area (Å²) in [4.78, 5) is 27.6. The van der Waals surface area contributed by atoms with Crippen LogP contribution in [-0.2, 0) is 19.4 Å². The fraction of sp³-hybridized carbons (Fsp3) is 0.524. The number of aryl methyl sites for hydroxylation is 1. The number of nitrogens with one attached hydrogen (secondary N) is 1. The molecule has 0 atom stereocenters. The van der Waals surface area contributed by atoms with Gasteiger partial charge < -0.3 is 9.80 Å². The molecule has 1 N–H and O–H groups in total. The van der Waals surface area contributed by atoms with Gasteiger partial charge in [0.05, 0.1) is 5.69 Å². The molecule has 2 aliphatic rings. The Morgan fingerprint density at radius 2 is 1.78 bits per heavy atom. The first-order valence-corrected chi connectivity index (χ1v) is 9.92. The summed E-state index contributed by atoms with van der Waals surface area (Å²) >= 11 is 0. The first-order valence-electron chi connectivity index (χ1n) is 9.92. The number of H-pyrrole nitrogens is 1. The Kier molecular flexibility index (Phi) is 5.27. The number of nitrogens with zero attached hydrogens (tertiary/aromatic N) is 4. The fourth-order valence-corrected chi connectivity index (χ4v) is 4.00. The van der Waals surface area contributed by atoms with E-state index in [1.165, 1.54) is 11.1 Å². The third kappa shape index (κ3) is 4.06. The van der Waals surface area contributed by atoms with Crippen molar-refractivity contribution in [2.24, 2.45) is 0 Å². The van der Waals surface area contributed by atoms with Gasteiger partial charge in [0.1, 0.15) is 0 Å². The molecular formula is C21H29N5O. The van der Waals surface area contributed by atoms with E-state index in [1.54, 1.807) is 0 Å². The van der Waals surface area contributed by atoms with Crippen LogP contribution in [0.5, 0.6) is 0 Å². The average molecular weight is 367 g/mol. The minimum atomic E-state index is 0.0478. The zero-order valence-corrected chi connectivity index (χ0v) is 16.4. The predicted molar refractivity (Wildman–Crippen MR) is 108 cm³/mol. The monoisotopic (exact) mass is 367 g/mol. The Bertz CT molecular complexity index is 854. The van der Waals surface area contributed by atoms with Crippen molar-refractivity contribution in [1.82, 2.24) is 19.8 Å².